The van der Waals surface area contributed by atoms with E-state index >= 15 is 0 Å². The second kappa shape index (κ2) is 6.43. The van der Waals surface area contributed by atoms with Crippen LogP contribution in [0.3, 0.4) is 0 Å². The summed E-state index contributed by atoms with van der Waals surface area (Å²) in [6.07, 6.45) is 4.93. The van der Waals surface area contributed by atoms with Crippen molar-refractivity contribution >= 4 is 5.91 Å². The number of fused-ring (bicyclic) bond motifs is 1. The Hall–Kier alpha value is -2.50. The van der Waals surface area contributed by atoms with Crippen LogP contribution in [0, 0.1) is 6.92 Å². The lowest BCUT2D eigenvalue weighted by Gasteiger charge is -2.38. The third-order valence-electron chi connectivity index (χ3n) is 5.05. The molecule has 0 spiro atoms. The van der Waals surface area contributed by atoms with Crippen LogP contribution in [0.5, 0.6) is 11.5 Å². The van der Waals surface area contributed by atoms with E-state index < -0.39 is 6.10 Å². The summed E-state index contributed by atoms with van der Waals surface area (Å²) < 4.78 is 14.0. The van der Waals surface area contributed by atoms with Gasteiger partial charge in [0.1, 0.15) is 11.9 Å². The molecule has 2 aliphatic heterocycles. The number of piperidine rings is 1. The van der Waals surface area contributed by atoms with E-state index in [-0.39, 0.29) is 18.1 Å². The zero-order valence-electron chi connectivity index (χ0n) is 14.6. The van der Waals surface area contributed by atoms with Crippen LogP contribution in [0.25, 0.3) is 0 Å². The summed E-state index contributed by atoms with van der Waals surface area (Å²) >= 11 is 0. The number of aryl methyl sites for hydroxylation is 1. The van der Waals surface area contributed by atoms with E-state index in [0.717, 1.165) is 25.2 Å². The van der Waals surface area contributed by atoms with Gasteiger partial charge in [-0.25, -0.2) is 4.98 Å². The topological polar surface area (TPSA) is 56.6 Å². The van der Waals surface area contributed by atoms with Crippen LogP contribution in [0.1, 0.15) is 31.6 Å². The minimum absolute atomic E-state index is 0.00414. The van der Waals surface area contributed by atoms with Gasteiger partial charge in [0.25, 0.3) is 5.91 Å². The fourth-order valence-corrected chi connectivity index (χ4v) is 3.73. The number of carbonyl (C=O) groups is 1. The summed E-state index contributed by atoms with van der Waals surface area (Å²) in [5.74, 6) is 2.32. The highest BCUT2D eigenvalue weighted by Crippen LogP contribution is 2.34. The number of hydrogen-bond donors (Lipinski definition) is 0. The molecule has 132 valence electrons. The highest BCUT2D eigenvalue weighted by molar-refractivity contribution is 5.82. The van der Waals surface area contributed by atoms with E-state index in [0.29, 0.717) is 18.0 Å². The quantitative estimate of drug-likeness (QED) is 0.842. The first-order chi connectivity index (χ1) is 12.1. The lowest BCUT2D eigenvalue weighted by molar-refractivity contribution is -0.146. The average Bonchev–Trinajstić information content (AvgIpc) is 3.06. The first-order valence-electron chi connectivity index (χ1n) is 8.84. The number of aromatic nitrogens is 2. The number of likely N-dealkylation sites (tertiary alicyclic amines) is 1. The molecule has 1 saturated heterocycles. The molecule has 0 radical (unpaired) electrons. The first-order valence-corrected chi connectivity index (χ1v) is 8.84. The van der Waals surface area contributed by atoms with Gasteiger partial charge in [-0.2, -0.15) is 0 Å². The first kappa shape index (κ1) is 16.0. The molecule has 4 rings (SSSR count). The summed E-state index contributed by atoms with van der Waals surface area (Å²) in [5, 5.41) is 0. The maximum absolute atomic E-state index is 13.1. The number of benzene rings is 1. The van der Waals surface area contributed by atoms with E-state index in [1.807, 2.05) is 55.4 Å². The van der Waals surface area contributed by atoms with Crippen molar-refractivity contribution in [1.29, 1.82) is 0 Å². The van der Waals surface area contributed by atoms with Crippen LogP contribution in [-0.4, -0.2) is 45.7 Å². The van der Waals surface area contributed by atoms with Crippen molar-refractivity contribution in [2.24, 2.45) is 0 Å². The van der Waals surface area contributed by atoms with E-state index in [1.165, 1.54) is 0 Å². The molecule has 2 aliphatic rings. The number of rotatable bonds is 2. The van der Waals surface area contributed by atoms with Gasteiger partial charge in [0.2, 0.25) is 6.10 Å². The largest absolute Gasteiger partial charge is 0.482 e. The molecule has 1 aromatic heterocycles. The molecule has 1 aromatic carbocycles. The molecule has 1 amide bonds. The Labute approximate surface area is 147 Å². The molecule has 3 atom stereocenters. The Balaban J connectivity index is 1.50. The molecular weight excluding hydrogens is 318 g/mol. The lowest BCUT2D eigenvalue weighted by Crippen LogP contribution is -2.53. The molecule has 0 bridgehead atoms. The van der Waals surface area contributed by atoms with E-state index in [4.69, 9.17) is 9.47 Å². The van der Waals surface area contributed by atoms with Crippen LogP contribution in [0.2, 0.25) is 0 Å². The van der Waals surface area contributed by atoms with Crippen LogP contribution in [0.4, 0.5) is 0 Å². The SMILES string of the molecule is Cc1nccn1[C@@H]1CCCN(C(=O)[C@@H]2Oc3ccccc3O[C@@H]2C)C1. The Bertz CT molecular complexity index is 773. The summed E-state index contributed by atoms with van der Waals surface area (Å²) in [5.41, 5.74) is 0. The molecule has 0 saturated carbocycles. The van der Waals surface area contributed by atoms with Crippen molar-refractivity contribution < 1.29 is 14.3 Å². The normalized spacial score (nSPS) is 25.7. The Morgan fingerprint density at radius 1 is 1.24 bits per heavy atom. The van der Waals surface area contributed by atoms with Gasteiger partial charge in [0.05, 0.1) is 6.04 Å². The molecule has 6 nitrogen and oxygen atoms in total. The van der Waals surface area contributed by atoms with Crippen LogP contribution in [-0.2, 0) is 4.79 Å². The molecule has 1 fully saturated rings. The van der Waals surface area contributed by atoms with Gasteiger partial charge < -0.3 is 18.9 Å². The maximum Gasteiger partial charge on any atom is 0.267 e. The summed E-state index contributed by atoms with van der Waals surface area (Å²) in [7, 11) is 0. The number of carbonyl (C=O) groups excluding carboxylic acids is 1. The van der Waals surface area contributed by atoms with Crippen molar-refractivity contribution in [2.75, 3.05) is 13.1 Å². The van der Waals surface area contributed by atoms with Crippen LogP contribution in [0.15, 0.2) is 36.7 Å². The van der Waals surface area contributed by atoms with Gasteiger partial charge >= 0.3 is 0 Å². The molecule has 6 heteroatoms. The van der Waals surface area contributed by atoms with Gasteiger partial charge in [0.15, 0.2) is 11.5 Å². The number of imidazole rings is 1. The van der Waals surface area contributed by atoms with Gasteiger partial charge in [-0.15, -0.1) is 0 Å². The highest BCUT2D eigenvalue weighted by atomic mass is 16.6. The Kier molecular flexibility index (Phi) is 4.11. The van der Waals surface area contributed by atoms with E-state index in [9.17, 15) is 4.79 Å². The molecule has 2 aromatic rings. The van der Waals surface area contributed by atoms with Crippen molar-refractivity contribution in [3.05, 3.63) is 42.5 Å². The Morgan fingerprint density at radius 2 is 2.00 bits per heavy atom. The van der Waals surface area contributed by atoms with E-state index in [2.05, 4.69) is 9.55 Å². The predicted molar refractivity (Wildman–Crippen MR) is 92.8 cm³/mol. The number of nitrogens with zero attached hydrogens (tertiary/aromatic N) is 3. The smallest absolute Gasteiger partial charge is 0.267 e. The number of para-hydroxylation sites is 2. The predicted octanol–water partition coefficient (Wildman–Crippen LogP) is 2.58. The molecule has 0 unspecified atom stereocenters. The van der Waals surface area contributed by atoms with Crippen molar-refractivity contribution in [3.8, 4) is 11.5 Å². The number of amides is 1. The van der Waals surface area contributed by atoms with Crippen LogP contribution < -0.4 is 9.47 Å². The number of hydrogen-bond acceptors (Lipinski definition) is 4. The lowest BCUT2D eigenvalue weighted by atomic mass is 10.0. The second-order valence-electron chi connectivity index (χ2n) is 6.77. The molecule has 0 N–H and O–H groups in total. The van der Waals surface area contributed by atoms with Gasteiger partial charge in [-0.05, 0) is 38.8 Å². The highest BCUT2D eigenvalue weighted by Gasteiger charge is 2.38. The molecule has 0 aliphatic carbocycles. The van der Waals surface area contributed by atoms with E-state index in [1.54, 1.807) is 0 Å². The Morgan fingerprint density at radius 3 is 2.72 bits per heavy atom. The van der Waals surface area contributed by atoms with Gasteiger partial charge in [0, 0.05) is 25.5 Å². The minimum atomic E-state index is -0.600. The monoisotopic (exact) mass is 341 g/mol. The zero-order valence-corrected chi connectivity index (χ0v) is 14.6. The second-order valence-corrected chi connectivity index (χ2v) is 6.77. The molecular formula is C19H23N3O3. The zero-order chi connectivity index (χ0) is 17.4. The summed E-state index contributed by atoms with van der Waals surface area (Å²) in [4.78, 5) is 19.3. The average molecular weight is 341 g/mol. The third-order valence-corrected chi connectivity index (χ3v) is 5.05. The van der Waals surface area contributed by atoms with Gasteiger partial charge in [-0.1, -0.05) is 12.1 Å². The van der Waals surface area contributed by atoms with Crippen LogP contribution >= 0.6 is 0 Å². The van der Waals surface area contributed by atoms with Crippen molar-refractivity contribution in [3.63, 3.8) is 0 Å². The van der Waals surface area contributed by atoms with Crippen molar-refractivity contribution in [2.45, 2.75) is 44.9 Å². The molecule has 3 heterocycles. The van der Waals surface area contributed by atoms with Crippen molar-refractivity contribution in [1.82, 2.24) is 14.5 Å². The maximum atomic E-state index is 13.1. The van der Waals surface area contributed by atoms with Gasteiger partial charge in [-0.3, -0.25) is 4.79 Å². The fourth-order valence-electron chi connectivity index (χ4n) is 3.73. The summed E-state index contributed by atoms with van der Waals surface area (Å²) in [6.45, 7) is 5.33. The number of ether oxygens (including phenoxy) is 2. The minimum Gasteiger partial charge on any atom is -0.482 e. The standard InChI is InChI=1S/C19H23N3O3/c1-13-18(25-17-8-4-3-7-16(17)24-13)19(23)21-10-5-6-15(12-21)22-11-9-20-14(22)2/h3-4,7-9,11,13,15,18H,5-6,10,12H2,1-2H3/t13-,15-,18-/m1/s1. The third kappa shape index (κ3) is 2.97. The molecule has 25 heavy (non-hydrogen) atoms. The summed E-state index contributed by atoms with van der Waals surface area (Å²) in [6, 6.07) is 7.77. The fraction of sp³-hybridized carbons (Fsp3) is 0.474.